The molecule has 32 heavy (non-hydrogen) atoms. The zero-order valence-corrected chi connectivity index (χ0v) is 18.6. The third-order valence-electron chi connectivity index (χ3n) is 5.98. The lowest BCUT2D eigenvalue weighted by Gasteiger charge is -2.21. The van der Waals surface area contributed by atoms with Crippen molar-refractivity contribution in [3.63, 3.8) is 0 Å². The molecule has 3 rings (SSSR count). The van der Waals surface area contributed by atoms with Crippen molar-refractivity contribution in [2.75, 3.05) is 5.75 Å². The number of rotatable bonds is 12. The maximum atomic E-state index is 12.2. The molecule has 1 aromatic rings. The van der Waals surface area contributed by atoms with Gasteiger partial charge in [0.1, 0.15) is 6.04 Å². The van der Waals surface area contributed by atoms with Crippen molar-refractivity contribution in [2.24, 2.45) is 0 Å². The van der Waals surface area contributed by atoms with Gasteiger partial charge < -0.3 is 36.5 Å². The molecule has 1 aromatic heterocycles. The monoisotopic (exact) mass is 470 g/mol. The molecule has 2 unspecified atom stereocenters. The van der Waals surface area contributed by atoms with Crippen LogP contribution in [0.2, 0.25) is 0 Å². The van der Waals surface area contributed by atoms with Gasteiger partial charge >= 0.3 is 12.0 Å². The number of carbonyl (C=O) groups is 3. The second-order valence-corrected chi connectivity index (χ2v) is 9.65. The molecule has 0 bridgehead atoms. The minimum Gasteiger partial charge on any atom is -0.492 e. The number of hydrogen-bond acceptors (Lipinski definition) is 8. The standard InChI is InChI=1S/C20H30N4O7S/c1-10(4-2-6-14(25)11-8-16(26)24(31)18(11)27)21-12(19(28)29)5-3-7-15-17-13(9-32-15)22-20(30)23-17/h8,10,12-13,15,17,21,26-27,31H,2-7,9H2,1H3,(H,28,29)(H2,22,23,30)/t10?,12?,13-,15-,17-/m0/s1. The Morgan fingerprint density at radius 1 is 1.28 bits per heavy atom. The maximum Gasteiger partial charge on any atom is 0.320 e. The molecule has 0 saturated carbocycles. The number of Topliss-reactive ketones (excluding diaryl/α,β-unsaturated/α-hetero) is 1. The minimum atomic E-state index is -0.926. The van der Waals surface area contributed by atoms with Gasteiger partial charge in [-0.2, -0.15) is 11.8 Å². The SMILES string of the molecule is CC(CCCC(=O)c1cc(O)n(O)c1O)NC(CCC[C@@H]1SC[C@@H]2NC(=O)N[C@@H]21)C(=O)O. The number of carbonyl (C=O) groups excluding carboxylic acids is 2. The third kappa shape index (κ3) is 5.60. The summed E-state index contributed by atoms with van der Waals surface area (Å²) >= 11 is 1.80. The van der Waals surface area contributed by atoms with E-state index in [1.165, 1.54) is 0 Å². The van der Waals surface area contributed by atoms with Gasteiger partial charge in [0.05, 0.1) is 17.6 Å². The van der Waals surface area contributed by atoms with Gasteiger partial charge in [-0.05, 0) is 32.6 Å². The smallest absolute Gasteiger partial charge is 0.320 e. The first-order valence-corrected chi connectivity index (χ1v) is 11.8. The number of carboxylic acids is 1. The molecule has 178 valence electrons. The second-order valence-electron chi connectivity index (χ2n) is 8.38. The summed E-state index contributed by atoms with van der Waals surface area (Å²) in [6.07, 6.45) is 3.08. The van der Waals surface area contributed by atoms with Crippen molar-refractivity contribution in [3.8, 4) is 11.8 Å². The van der Waals surface area contributed by atoms with E-state index >= 15 is 0 Å². The number of nitrogens with zero attached hydrogens (tertiary/aromatic N) is 1. The molecule has 2 amide bonds. The van der Waals surface area contributed by atoms with Crippen LogP contribution in [-0.4, -0.2) is 78.2 Å². The predicted octanol–water partition coefficient (Wildman–Crippen LogP) is 1.26. The Bertz CT molecular complexity index is 861. The van der Waals surface area contributed by atoms with Crippen LogP contribution in [-0.2, 0) is 4.79 Å². The van der Waals surface area contributed by atoms with E-state index in [1.807, 2.05) is 6.92 Å². The van der Waals surface area contributed by atoms with Gasteiger partial charge in [-0.15, -0.1) is 4.73 Å². The minimum absolute atomic E-state index is 0.0853. The normalized spacial score (nSPS) is 23.9. The summed E-state index contributed by atoms with van der Waals surface area (Å²) in [7, 11) is 0. The van der Waals surface area contributed by atoms with Gasteiger partial charge in [-0.1, -0.05) is 6.42 Å². The quantitative estimate of drug-likeness (QED) is 0.135. The first-order valence-electron chi connectivity index (χ1n) is 10.7. The summed E-state index contributed by atoms with van der Waals surface area (Å²) in [4.78, 5) is 35.3. The highest BCUT2D eigenvalue weighted by Crippen LogP contribution is 2.33. The molecule has 7 N–H and O–H groups in total. The highest BCUT2D eigenvalue weighted by atomic mass is 32.2. The van der Waals surface area contributed by atoms with Crippen LogP contribution in [0.25, 0.3) is 0 Å². The Morgan fingerprint density at radius 2 is 2.03 bits per heavy atom. The number of hydrogen-bond donors (Lipinski definition) is 7. The number of nitrogens with one attached hydrogen (secondary N) is 3. The summed E-state index contributed by atoms with van der Waals surface area (Å²) in [6.45, 7) is 1.85. The van der Waals surface area contributed by atoms with Crippen molar-refractivity contribution in [3.05, 3.63) is 11.6 Å². The van der Waals surface area contributed by atoms with E-state index in [4.69, 9.17) is 0 Å². The summed E-state index contributed by atoms with van der Waals surface area (Å²) in [5, 5.41) is 47.0. The van der Waals surface area contributed by atoms with E-state index in [9.17, 15) is 34.9 Å². The van der Waals surface area contributed by atoms with Crippen molar-refractivity contribution >= 4 is 29.5 Å². The van der Waals surface area contributed by atoms with E-state index < -0.39 is 29.6 Å². The van der Waals surface area contributed by atoms with E-state index in [1.54, 1.807) is 11.8 Å². The van der Waals surface area contributed by atoms with Crippen LogP contribution in [0.15, 0.2) is 6.07 Å². The van der Waals surface area contributed by atoms with Gasteiger partial charge in [-0.25, -0.2) is 4.79 Å². The van der Waals surface area contributed by atoms with Crippen LogP contribution >= 0.6 is 11.8 Å². The van der Waals surface area contributed by atoms with Crippen LogP contribution < -0.4 is 16.0 Å². The lowest BCUT2D eigenvalue weighted by molar-refractivity contribution is -0.139. The fraction of sp³-hybridized carbons (Fsp3) is 0.650. The van der Waals surface area contributed by atoms with Crippen LogP contribution in [0.1, 0.15) is 55.8 Å². The van der Waals surface area contributed by atoms with E-state index in [2.05, 4.69) is 16.0 Å². The number of thioether (sulfide) groups is 1. The highest BCUT2D eigenvalue weighted by Gasteiger charge is 2.42. The average molecular weight is 471 g/mol. The summed E-state index contributed by atoms with van der Waals surface area (Å²) in [6, 6.07) is 0.265. The van der Waals surface area contributed by atoms with E-state index in [0.717, 1.165) is 18.2 Å². The number of amides is 2. The van der Waals surface area contributed by atoms with Gasteiger partial charge in [-0.3, -0.25) is 9.59 Å². The number of ketones is 1. The van der Waals surface area contributed by atoms with Gasteiger partial charge in [0.15, 0.2) is 5.78 Å². The Balaban J connectivity index is 1.38. The molecule has 0 aromatic carbocycles. The topological polar surface area (TPSA) is 173 Å². The van der Waals surface area contributed by atoms with Crippen molar-refractivity contribution in [2.45, 2.75) is 74.9 Å². The third-order valence-corrected chi connectivity index (χ3v) is 7.49. The van der Waals surface area contributed by atoms with Crippen LogP contribution in [0.5, 0.6) is 11.8 Å². The molecule has 2 saturated heterocycles. The fourth-order valence-corrected chi connectivity index (χ4v) is 5.80. The first kappa shape index (κ1) is 24.1. The molecular weight excluding hydrogens is 440 g/mol. The predicted molar refractivity (Wildman–Crippen MR) is 116 cm³/mol. The largest absolute Gasteiger partial charge is 0.492 e. The molecule has 0 spiro atoms. The summed E-state index contributed by atoms with van der Waals surface area (Å²) < 4.78 is 0.135. The number of aliphatic carboxylic acids is 1. The van der Waals surface area contributed by atoms with Gasteiger partial charge in [0.2, 0.25) is 11.8 Å². The van der Waals surface area contributed by atoms with Crippen molar-refractivity contribution < 1.29 is 34.9 Å². The molecular formula is C20H30N4O7S. The molecule has 2 aliphatic rings. The number of aromatic hydroxyl groups is 2. The van der Waals surface area contributed by atoms with Gasteiger partial charge in [0.25, 0.3) is 0 Å². The Morgan fingerprint density at radius 3 is 2.69 bits per heavy atom. The Labute approximate surface area is 189 Å². The Hall–Kier alpha value is -2.60. The molecule has 12 heteroatoms. The number of carboxylic acid groups (broad SMARTS) is 1. The molecule has 0 radical (unpaired) electrons. The summed E-state index contributed by atoms with van der Waals surface area (Å²) in [5.41, 5.74) is -0.158. The molecule has 3 heterocycles. The zero-order valence-electron chi connectivity index (χ0n) is 17.8. The molecule has 2 aliphatic heterocycles. The average Bonchev–Trinajstić information content (AvgIpc) is 3.36. The Kier molecular flexibility index (Phi) is 7.77. The lowest BCUT2D eigenvalue weighted by Crippen LogP contribution is -2.42. The zero-order chi connectivity index (χ0) is 23.4. The molecule has 5 atom stereocenters. The highest BCUT2D eigenvalue weighted by molar-refractivity contribution is 8.00. The van der Waals surface area contributed by atoms with Crippen LogP contribution in [0, 0.1) is 0 Å². The lowest BCUT2D eigenvalue weighted by atomic mass is 10.0. The van der Waals surface area contributed by atoms with Crippen LogP contribution in [0.4, 0.5) is 4.79 Å². The molecule has 11 nitrogen and oxygen atoms in total. The van der Waals surface area contributed by atoms with Crippen molar-refractivity contribution in [1.29, 1.82) is 0 Å². The first-order chi connectivity index (χ1) is 15.2. The second kappa shape index (κ2) is 10.3. The molecule has 0 aliphatic carbocycles. The van der Waals surface area contributed by atoms with Gasteiger partial charge in [0, 0.05) is 29.5 Å². The summed E-state index contributed by atoms with van der Waals surface area (Å²) in [5.74, 6) is -1.81. The molecule has 2 fully saturated rings. The number of aromatic nitrogens is 1. The maximum absolute atomic E-state index is 12.2. The van der Waals surface area contributed by atoms with E-state index in [-0.39, 0.29) is 46.1 Å². The fourth-order valence-electron chi connectivity index (χ4n) is 4.26. The van der Waals surface area contributed by atoms with Crippen LogP contribution in [0.3, 0.4) is 0 Å². The number of fused-ring (bicyclic) bond motifs is 1. The van der Waals surface area contributed by atoms with E-state index in [0.29, 0.717) is 25.7 Å². The number of urea groups is 1. The van der Waals surface area contributed by atoms with Crippen molar-refractivity contribution in [1.82, 2.24) is 20.7 Å².